The lowest BCUT2D eigenvalue weighted by Crippen LogP contribution is -2.26. The Kier molecular flexibility index (Phi) is 4.59. The highest BCUT2D eigenvalue weighted by molar-refractivity contribution is 7.12. The largest absolute Gasteiger partial charge is 0.467 e. The van der Waals surface area contributed by atoms with Crippen LogP contribution in [0.4, 0.5) is 4.39 Å². The quantitative estimate of drug-likeness (QED) is 0.730. The number of ether oxygens (including phenoxy) is 2. The van der Waals surface area contributed by atoms with Crippen LogP contribution < -0.4 is 10.1 Å². The Bertz CT molecular complexity index is 928. The number of benzene rings is 1. The summed E-state index contributed by atoms with van der Waals surface area (Å²) in [7, 11) is 0. The topological polar surface area (TPSA) is 91.2 Å². The van der Waals surface area contributed by atoms with E-state index < -0.39 is 0 Å². The summed E-state index contributed by atoms with van der Waals surface area (Å²) in [5, 5.41) is 15.6. The smallest absolute Gasteiger partial charge is 0.263 e. The van der Waals surface area contributed by atoms with Crippen molar-refractivity contribution in [2.24, 2.45) is 0 Å². The van der Waals surface area contributed by atoms with Gasteiger partial charge in [-0.1, -0.05) is 0 Å². The lowest BCUT2D eigenvalue weighted by Gasteiger charge is -2.21. The van der Waals surface area contributed by atoms with Gasteiger partial charge in [0, 0.05) is 12.1 Å². The van der Waals surface area contributed by atoms with Crippen LogP contribution in [0, 0.1) is 5.82 Å². The molecule has 4 rings (SSSR count). The zero-order valence-corrected chi connectivity index (χ0v) is 14.3. The average molecular weight is 375 g/mol. The van der Waals surface area contributed by atoms with Gasteiger partial charge >= 0.3 is 0 Å². The molecular formula is C16H14FN5O3S. The lowest BCUT2D eigenvalue weighted by molar-refractivity contribution is -0.0172. The van der Waals surface area contributed by atoms with E-state index in [1.807, 2.05) is 0 Å². The minimum absolute atomic E-state index is 0.141. The Labute approximate surface area is 151 Å². The third-order valence-corrected chi connectivity index (χ3v) is 4.78. The van der Waals surface area contributed by atoms with Crippen molar-refractivity contribution < 1.29 is 18.7 Å². The average Bonchev–Trinajstić information content (AvgIpc) is 3.32. The van der Waals surface area contributed by atoms with Crippen LogP contribution in [-0.4, -0.2) is 39.5 Å². The molecule has 0 spiro atoms. The molecule has 10 heteroatoms. The highest BCUT2D eigenvalue weighted by atomic mass is 32.1. The van der Waals surface area contributed by atoms with Crippen LogP contribution in [0.15, 0.2) is 29.9 Å². The highest BCUT2D eigenvalue weighted by Gasteiger charge is 2.18. The van der Waals surface area contributed by atoms with Crippen molar-refractivity contribution in [3.63, 3.8) is 0 Å². The van der Waals surface area contributed by atoms with Crippen LogP contribution in [0.1, 0.15) is 20.8 Å². The van der Waals surface area contributed by atoms with Crippen molar-refractivity contribution in [2.45, 2.75) is 13.0 Å². The number of hydrogen-bond acceptors (Lipinski definition) is 7. The van der Waals surface area contributed by atoms with Crippen LogP contribution in [-0.2, 0) is 17.8 Å². The zero-order valence-electron chi connectivity index (χ0n) is 13.5. The van der Waals surface area contributed by atoms with E-state index in [0.29, 0.717) is 47.0 Å². The molecule has 2 aromatic heterocycles. The predicted octanol–water partition coefficient (Wildman–Crippen LogP) is 1.70. The number of fused-ring (bicyclic) bond motifs is 1. The molecule has 1 N–H and O–H groups in total. The Hall–Kier alpha value is -2.85. The van der Waals surface area contributed by atoms with Crippen molar-refractivity contribution in [1.82, 2.24) is 25.5 Å². The van der Waals surface area contributed by atoms with Crippen molar-refractivity contribution in [3.05, 3.63) is 51.7 Å². The van der Waals surface area contributed by atoms with Gasteiger partial charge in [-0.2, -0.15) is 4.68 Å². The summed E-state index contributed by atoms with van der Waals surface area (Å²) in [6.07, 6.45) is 1.87. The highest BCUT2D eigenvalue weighted by Crippen LogP contribution is 2.29. The van der Waals surface area contributed by atoms with Crippen molar-refractivity contribution in [2.75, 3.05) is 13.3 Å². The van der Waals surface area contributed by atoms with Gasteiger partial charge < -0.3 is 14.8 Å². The van der Waals surface area contributed by atoms with Crippen LogP contribution in [0.5, 0.6) is 5.75 Å². The summed E-state index contributed by atoms with van der Waals surface area (Å²) >= 11 is 1.30. The summed E-state index contributed by atoms with van der Waals surface area (Å²) in [6.45, 7) is 0.797. The second-order valence-electron chi connectivity index (χ2n) is 5.56. The lowest BCUT2D eigenvalue weighted by atomic mass is 10.1. The molecule has 0 fully saturated rings. The van der Waals surface area contributed by atoms with E-state index in [9.17, 15) is 9.18 Å². The summed E-state index contributed by atoms with van der Waals surface area (Å²) < 4.78 is 25.8. The minimum Gasteiger partial charge on any atom is -0.467 e. The SMILES string of the molecule is O=C(NCCc1cc(F)cc2c1OCOC2)c1sccc1-n1cnnn1. The fourth-order valence-electron chi connectivity index (χ4n) is 2.76. The molecule has 1 aliphatic rings. The van der Waals surface area contributed by atoms with Crippen molar-refractivity contribution in [1.29, 1.82) is 0 Å². The number of hydrogen-bond donors (Lipinski definition) is 1. The van der Waals surface area contributed by atoms with Gasteiger partial charge in [-0.25, -0.2) is 4.39 Å². The van der Waals surface area contributed by atoms with Crippen molar-refractivity contribution >= 4 is 17.2 Å². The number of amides is 1. The Morgan fingerprint density at radius 2 is 2.35 bits per heavy atom. The summed E-state index contributed by atoms with van der Waals surface area (Å²) in [5.74, 6) is 0.0517. The first-order valence-corrected chi connectivity index (χ1v) is 8.71. The number of nitrogens with one attached hydrogen (secondary N) is 1. The molecule has 0 saturated heterocycles. The number of carbonyl (C=O) groups excluding carboxylic acids is 1. The monoisotopic (exact) mass is 375 g/mol. The molecule has 134 valence electrons. The third-order valence-electron chi connectivity index (χ3n) is 3.88. The van der Waals surface area contributed by atoms with E-state index >= 15 is 0 Å². The number of aromatic nitrogens is 4. The molecule has 0 atom stereocenters. The Morgan fingerprint density at radius 3 is 3.19 bits per heavy atom. The second kappa shape index (κ2) is 7.18. The van der Waals surface area contributed by atoms with E-state index in [-0.39, 0.29) is 18.5 Å². The standard InChI is InChI=1S/C16H14FN5O3S/c17-12-5-10(14-11(6-12)7-24-9-25-14)1-3-18-16(23)15-13(2-4-26-15)22-8-19-20-21-22/h2,4-6,8H,1,3,7,9H2,(H,18,23). The number of rotatable bonds is 5. The number of halogens is 1. The van der Waals surface area contributed by atoms with E-state index in [1.165, 1.54) is 34.5 Å². The van der Waals surface area contributed by atoms with E-state index in [0.717, 1.165) is 0 Å². The van der Waals surface area contributed by atoms with Gasteiger partial charge in [0.25, 0.3) is 5.91 Å². The van der Waals surface area contributed by atoms with Gasteiger partial charge in [-0.15, -0.1) is 16.4 Å². The first kappa shape index (κ1) is 16.6. The minimum atomic E-state index is -0.349. The number of tetrazole rings is 1. The normalized spacial score (nSPS) is 13.1. The van der Waals surface area contributed by atoms with Gasteiger partial charge in [-0.05, 0) is 46.0 Å². The molecule has 26 heavy (non-hydrogen) atoms. The summed E-state index contributed by atoms with van der Waals surface area (Å²) in [6, 6.07) is 4.60. The summed E-state index contributed by atoms with van der Waals surface area (Å²) in [5.41, 5.74) is 1.99. The molecule has 1 aliphatic heterocycles. The number of carbonyl (C=O) groups is 1. The van der Waals surface area contributed by atoms with Gasteiger partial charge in [0.2, 0.25) is 0 Å². The number of nitrogens with zero attached hydrogens (tertiary/aromatic N) is 4. The molecule has 0 radical (unpaired) electrons. The van der Waals surface area contributed by atoms with Gasteiger partial charge in [0.05, 0.1) is 12.3 Å². The third kappa shape index (κ3) is 3.28. The number of thiophene rings is 1. The maximum Gasteiger partial charge on any atom is 0.263 e. The molecule has 0 unspecified atom stereocenters. The maximum absolute atomic E-state index is 13.8. The molecule has 3 heterocycles. The van der Waals surface area contributed by atoms with Gasteiger partial charge in [-0.3, -0.25) is 4.79 Å². The van der Waals surface area contributed by atoms with Crippen molar-refractivity contribution in [3.8, 4) is 11.4 Å². The zero-order chi connectivity index (χ0) is 17.9. The van der Waals surface area contributed by atoms with E-state index in [4.69, 9.17) is 9.47 Å². The molecule has 1 aromatic carbocycles. The van der Waals surface area contributed by atoms with Crippen LogP contribution in [0.25, 0.3) is 5.69 Å². The molecule has 1 amide bonds. The molecule has 3 aromatic rings. The fourth-order valence-corrected chi connectivity index (χ4v) is 3.55. The molecular weight excluding hydrogens is 361 g/mol. The van der Waals surface area contributed by atoms with E-state index in [1.54, 1.807) is 11.4 Å². The molecule has 0 saturated carbocycles. The van der Waals surface area contributed by atoms with Crippen LogP contribution >= 0.6 is 11.3 Å². The predicted molar refractivity (Wildman–Crippen MR) is 89.8 cm³/mol. The molecule has 0 aliphatic carbocycles. The fraction of sp³-hybridized carbons (Fsp3) is 0.250. The first-order chi connectivity index (χ1) is 12.7. The maximum atomic E-state index is 13.8. The first-order valence-electron chi connectivity index (χ1n) is 7.83. The van der Waals surface area contributed by atoms with Crippen LogP contribution in [0.2, 0.25) is 0 Å². The summed E-state index contributed by atoms with van der Waals surface area (Å²) in [4.78, 5) is 13.0. The van der Waals surface area contributed by atoms with Crippen LogP contribution in [0.3, 0.4) is 0 Å². The Morgan fingerprint density at radius 1 is 1.42 bits per heavy atom. The Balaban J connectivity index is 1.44. The van der Waals surface area contributed by atoms with Gasteiger partial charge in [0.1, 0.15) is 22.8 Å². The molecule has 0 bridgehead atoms. The second-order valence-corrected chi connectivity index (χ2v) is 6.48. The van der Waals surface area contributed by atoms with E-state index in [2.05, 4.69) is 20.8 Å². The van der Waals surface area contributed by atoms with Gasteiger partial charge in [0.15, 0.2) is 6.79 Å². The molecule has 8 nitrogen and oxygen atoms in total.